The van der Waals surface area contributed by atoms with Crippen LogP contribution < -0.4 is 21.7 Å². The van der Waals surface area contributed by atoms with Crippen molar-refractivity contribution < 1.29 is 9.59 Å². The Hall–Kier alpha value is -1.83. The van der Waals surface area contributed by atoms with E-state index in [0.717, 1.165) is 11.5 Å². The Labute approximate surface area is 116 Å². The maximum absolute atomic E-state index is 11.6. The van der Waals surface area contributed by atoms with Gasteiger partial charge in [0.2, 0.25) is 5.91 Å². The second-order valence-corrected chi connectivity index (χ2v) is 5.02. The van der Waals surface area contributed by atoms with E-state index in [1.807, 2.05) is 13.8 Å². The number of carbonyl (C=O) groups is 2. The molecule has 5 N–H and O–H groups in total. The molecule has 0 aliphatic heterocycles. The number of rotatable bonds is 6. The summed E-state index contributed by atoms with van der Waals surface area (Å²) in [4.78, 5) is 23.1. The number of nitrogens with zero attached hydrogens (tertiary/aromatic N) is 1. The molecule has 1 heterocycles. The number of anilines is 2. The summed E-state index contributed by atoms with van der Waals surface area (Å²) in [6.45, 7) is 4.22. The van der Waals surface area contributed by atoms with Crippen LogP contribution in [0.4, 0.5) is 10.8 Å². The van der Waals surface area contributed by atoms with Crippen LogP contribution in [0.3, 0.4) is 0 Å². The minimum atomic E-state index is -0.291. The van der Waals surface area contributed by atoms with Gasteiger partial charge in [-0.25, -0.2) is 0 Å². The van der Waals surface area contributed by atoms with Crippen LogP contribution >= 0.6 is 11.5 Å². The van der Waals surface area contributed by atoms with Gasteiger partial charge in [0.1, 0.15) is 10.6 Å². The van der Waals surface area contributed by atoms with E-state index in [-0.39, 0.29) is 23.7 Å². The Morgan fingerprint density at radius 1 is 1.42 bits per heavy atom. The SMILES string of the molecule is CNC(=O)c1c(N)nsc1NCCC(=O)NC(C)C. The largest absolute Gasteiger partial charge is 0.382 e. The van der Waals surface area contributed by atoms with Gasteiger partial charge in [-0.3, -0.25) is 9.59 Å². The quantitative estimate of drug-likeness (QED) is 0.605. The fraction of sp³-hybridized carbons (Fsp3) is 0.545. The lowest BCUT2D eigenvalue weighted by atomic mass is 10.3. The van der Waals surface area contributed by atoms with Gasteiger partial charge < -0.3 is 21.7 Å². The van der Waals surface area contributed by atoms with Crippen molar-refractivity contribution in [3.63, 3.8) is 0 Å². The van der Waals surface area contributed by atoms with E-state index in [1.165, 1.54) is 7.05 Å². The fourth-order valence-electron chi connectivity index (χ4n) is 1.45. The summed E-state index contributed by atoms with van der Waals surface area (Å²) in [5, 5.41) is 8.88. The molecule has 0 bridgehead atoms. The highest BCUT2D eigenvalue weighted by atomic mass is 32.1. The molecular weight excluding hydrogens is 266 g/mol. The van der Waals surface area contributed by atoms with Crippen molar-refractivity contribution in [1.29, 1.82) is 0 Å². The van der Waals surface area contributed by atoms with E-state index in [9.17, 15) is 9.59 Å². The Balaban J connectivity index is 2.54. The predicted octanol–water partition coefficient (Wildman–Crippen LogP) is 0.411. The predicted molar refractivity (Wildman–Crippen MR) is 76.3 cm³/mol. The van der Waals surface area contributed by atoms with Crippen molar-refractivity contribution in [3.8, 4) is 0 Å². The molecule has 1 aromatic rings. The molecule has 0 atom stereocenters. The monoisotopic (exact) mass is 285 g/mol. The van der Waals surface area contributed by atoms with Crippen molar-refractivity contribution in [2.45, 2.75) is 26.3 Å². The third-order valence-electron chi connectivity index (χ3n) is 2.26. The van der Waals surface area contributed by atoms with Crippen LogP contribution in [0.1, 0.15) is 30.6 Å². The summed E-state index contributed by atoms with van der Waals surface area (Å²) in [7, 11) is 1.53. The number of nitrogens with one attached hydrogen (secondary N) is 3. The summed E-state index contributed by atoms with van der Waals surface area (Å²) >= 11 is 1.11. The molecule has 1 rings (SSSR count). The molecule has 0 aliphatic carbocycles. The smallest absolute Gasteiger partial charge is 0.257 e. The average Bonchev–Trinajstić information content (AvgIpc) is 2.69. The number of carbonyl (C=O) groups excluding carboxylic acids is 2. The Kier molecular flexibility index (Phi) is 5.56. The standard InChI is InChI=1S/C11H19N5O2S/c1-6(2)15-7(17)4-5-14-11-8(10(18)13-3)9(12)16-19-11/h6,14H,4-5H2,1-3H3,(H2,12,16)(H,13,18)(H,15,17). The normalized spacial score (nSPS) is 10.3. The molecule has 0 saturated carbocycles. The van der Waals surface area contributed by atoms with Crippen LogP contribution in [0, 0.1) is 0 Å². The third-order valence-corrected chi connectivity index (χ3v) is 3.08. The molecule has 1 aromatic heterocycles. The molecule has 8 heteroatoms. The minimum absolute atomic E-state index is 0.0403. The first-order valence-electron chi connectivity index (χ1n) is 5.96. The highest BCUT2D eigenvalue weighted by molar-refractivity contribution is 7.11. The van der Waals surface area contributed by atoms with Crippen LogP contribution in [0.5, 0.6) is 0 Å². The lowest BCUT2D eigenvalue weighted by Gasteiger charge is -2.09. The van der Waals surface area contributed by atoms with Crippen LogP contribution in [0.2, 0.25) is 0 Å². The van der Waals surface area contributed by atoms with Gasteiger partial charge in [-0.2, -0.15) is 4.37 Å². The highest BCUT2D eigenvalue weighted by Crippen LogP contribution is 2.26. The number of hydrogen-bond acceptors (Lipinski definition) is 6. The molecule has 0 aliphatic rings. The zero-order valence-corrected chi connectivity index (χ0v) is 12.1. The second kappa shape index (κ2) is 6.93. The Morgan fingerprint density at radius 2 is 2.11 bits per heavy atom. The van der Waals surface area contributed by atoms with Crippen LogP contribution in [0.15, 0.2) is 0 Å². The van der Waals surface area contributed by atoms with Gasteiger partial charge >= 0.3 is 0 Å². The summed E-state index contributed by atoms with van der Waals surface area (Å²) in [6.07, 6.45) is 0.323. The van der Waals surface area contributed by atoms with Crippen LogP contribution in [0.25, 0.3) is 0 Å². The van der Waals surface area contributed by atoms with Gasteiger partial charge in [-0.15, -0.1) is 0 Å². The highest BCUT2D eigenvalue weighted by Gasteiger charge is 2.18. The van der Waals surface area contributed by atoms with Crippen molar-refractivity contribution in [3.05, 3.63) is 5.56 Å². The zero-order chi connectivity index (χ0) is 14.4. The molecular formula is C11H19N5O2S. The van der Waals surface area contributed by atoms with E-state index in [2.05, 4.69) is 20.3 Å². The van der Waals surface area contributed by atoms with Gasteiger partial charge in [-0.05, 0) is 25.4 Å². The number of aromatic nitrogens is 1. The molecule has 0 radical (unpaired) electrons. The first kappa shape index (κ1) is 15.2. The van der Waals surface area contributed by atoms with Gasteiger partial charge in [0.15, 0.2) is 5.82 Å². The second-order valence-electron chi connectivity index (χ2n) is 4.25. The molecule has 0 aromatic carbocycles. The van der Waals surface area contributed by atoms with Crippen molar-refractivity contribution in [2.24, 2.45) is 0 Å². The summed E-state index contributed by atoms with van der Waals surface area (Å²) < 4.78 is 3.93. The Morgan fingerprint density at radius 3 is 2.68 bits per heavy atom. The van der Waals surface area contributed by atoms with Gasteiger partial charge in [0.25, 0.3) is 5.91 Å². The minimum Gasteiger partial charge on any atom is -0.382 e. The lowest BCUT2D eigenvalue weighted by Crippen LogP contribution is -2.31. The number of nitrogen functional groups attached to an aromatic ring is 1. The van der Waals surface area contributed by atoms with Crippen molar-refractivity contribution in [1.82, 2.24) is 15.0 Å². The first-order chi connectivity index (χ1) is 8.95. The molecule has 2 amide bonds. The van der Waals surface area contributed by atoms with Crippen LogP contribution in [-0.4, -0.2) is 35.8 Å². The van der Waals surface area contributed by atoms with Crippen molar-refractivity contribution >= 4 is 34.2 Å². The van der Waals surface area contributed by atoms with Gasteiger partial charge in [0, 0.05) is 26.1 Å². The lowest BCUT2D eigenvalue weighted by molar-refractivity contribution is -0.121. The van der Waals surface area contributed by atoms with Crippen molar-refractivity contribution in [2.75, 3.05) is 24.6 Å². The summed E-state index contributed by atoms with van der Waals surface area (Å²) in [5.41, 5.74) is 5.96. The average molecular weight is 285 g/mol. The van der Waals surface area contributed by atoms with Gasteiger partial charge in [-0.1, -0.05) is 0 Å². The topological polar surface area (TPSA) is 109 Å². The third kappa shape index (κ3) is 4.40. The molecule has 19 heavy (non-hydrogen) atoms. The maximum atomic E-state index is 11.6. The van der Waals surface area contributed by atoms with E-state index >= 15 is 0 Å². The van der Waals surface area contributed by atoms with E-state index < -0.39 is 0 Å². The van der Waals surface area contributed by atoms with E-state index in [4.69, 9.17) is 5.73 Å². The molecule has 0 spiro atoms. The number of hydrogen-bond donors (Lipinski definition) is 4. The molecule has 0 fully saturated rings. The number of nitrogens with two attached hydrogens (primary N) is 1. The number of amides is 2. The molecule has 106 valence electrons. The van der Waals surface area contributed by atoms with E-state index in [0.29, 0.717) is 23.5 Å². The van der Waals surface area contributed by atoms with Crippen LogP contribution in [-0.2, 0) is 4.79 Å². The van der Waals surface area contributed by atoms with Gasteiger partial charge in [0.05, 0.1) is 0 Å². The first-order valence-corrected chi connectivity index (χ1v) is 6.73. The van der Waals surface area contributed by atoms with E-state index in [1.54, 1.807) is 0 Å². The molecule has 0 unspecified atom stereocenters. The Bertz CT molecular complexity index is 458. The fourth-order valence-corrected chi connectivity index (χ4v) is 2.19. The zero-order valence-electron chi connectivity index (χ0n) is 11.2. The molecule has 7 nitrogen and oxygen atoms in total. The maximum Gasteiger partial charge on any atom is 0.257 e. The summed E-state index contributed by atoms with van der Waals surface area (Å²) in [5.74, 6) is -0.139. The summed E-state index contributed by atoms with van der Waals surface area (Å²) in [6, 6.07) is 0.118. The molecule has 0 saturated heterocycles.